The molecule has 4 rings (SSSR count). The van der Waals surface area contributed by atoms with Crippen LogP contribution in [0, 0.1) is 0 Å². The van der Waals surface area contributed by atoms with Crippen LogP contribution in [-0.4, -0.2) is 50.1 Å². The molecule has 1 fully saturated rings. The van der Waals surface area contributed by atoms with Gasteiger partial charge in [0.25, 0.3) is 5.92 Å². The number of benzene rings is 2. The second kappa shape index (κ2) is 9.76. The minimum atomic E-state index is -2.39. The number of thioether (sulfide) groups is 1. The summed E-state index contributed by atoms with van der Waals surface area (Å²) < 4.78 is 28.6. The summed E-state index contributed by atoms with van der Waals surface area (Å²) in [6.45, 7) is 0.395. The van der Waals surface area contributed by atoms with Crippen molar-refractivity contribution in [3.05, 3.63) is 53.6 Å². The van der Waals surface area contributed by atoms with Gasteiger partial charge in [0.15, 0.2) is 0 Å². The second-order valence-corrected chi connectivity index (χ2v) is 8.40. The van der Waals surface area contributed by atoms with Gasteiger partial charge in [0, 0.05) is 22.6 Å². The van der Waals surface area contributed by atoms with Crippen molar-refractivity contribution < 1.29 is 23.1 Å². The van der Waals surface area contributed by atoms with E-state index in [2.05, 4.69) is 5.32 Å². The molecular weight excluding hydrogens is 424 g/mol. The van der Waals surface area contributed by atoms with E-state index in [0.29, 0.717) is 17.9 Å². The SMILES string of the molecule is CN[C@@H]1CC1(F)F.COc1ccc(CN2C(=O)[C@@H](N)CSc3ccc(C=O)cc32)cc1. The van der Waals surface area contributed by atoms with Crippen LogP contribution in [0.1, 0.15) is 22.3 Å². The number of nitrogens with one attached hydrogen (secondary N) is 1. The third kappa shape index (κ3) is 5.61. The lowest BCUT2D eigenvalue weighted by Crippen LogP contribution is -2.44. The standard InChI is InChI=1S/C18H18N2O3S.C4H7F2N/c1-23-14-5-2-12(3-6-14)9-20-16-8-13(10-21)4-7-17(16)24-11-15(19)18(20)22;1-7-3-2-4(3,5)6/h2-8,10,15H,9,11,19H2,1H3;3,7H,2H2,1H3/t15-;3-/m01/s1. The number of amides is 1. The van der Waals surface area contributed by atoms with E-state index in [4.69, 9.17) is 10.5 Å². The van der Waals surface area contributed by atoms with Crippen molar-refractivity contribution in [2.45, 2.75) is 35.9 Å². The van der Waals surface area contributed by atoms with Crippen LogP contribution in [0.2, 0.25) is 0 Å². The molecule has 2 aliphatic rings. The van der Waals surface area contributed by atoms with Crippen molar-refractivity contribution in [2.75, 3.05) is 24.8 Å². The van der Waals surface area contributed by atoms with Gasteiger partial charge >= 0.3 is 0 Å². The Bertz CT molecular complexity index is 940. The maximum absolute atomic E-state index is 12.7. The highest BCUT2D eigenvalue weighted by Crippen LogP contribution is 2.41. The first-order chi connectivity index (χ1) is 14.8. The summed E-state index contributed by atoms with van der Waals surface area (Å²) in [5.74, 6) is -1.25. The van der Waals surface area contributed by atoms with E-state index in [1.54, 1.807) is 31.2 Å². The summed E-state index contributed by atoms with van der Waals surface area (Å²) in [5.41, 5.74) is 8.25. The molecule has 2 aromatic carbocycles. The van der Waals surface area contributed by atoms with Crippen LogP contribution in [0.25, 0.3) is 0 Å². The number of rotatable bonds is 5. The van der Waals surface area contributed by atoms with Crippen LogP contribution in [0.4, 0.5) is 14.5 Å². The second-order valence-electron chi connectivity index (χ2n) is 7.34. The van der Waals surface area contributed by atoms with Crippen molar-refractivity contribution in [3.63, 3.8) is 0 Å². The molecule has 0 saturated heterocycles. The number of hydrogen-bond acceptors (Lipinski definition) is 6. The summed E-state index contributed by atoms with van der Waals surface area (Å²) >= 11 is 1.54. The molecule has 2 aromatic rings. The Kier molecular flexibility index (Phi) is 7.30. The topological polar surface area (TPSA) is 84.7 Å². The molecule has 0 aromatic heterocycles. The zero-order valence-corrected chi connectivity index (χ0v) is 18.1. The Labute approximate surface area is 184 Å². The largest absolute Gasteiger partial charge is 0.497 e. The number of carbonyl (C=O) groups is 2. The third-order valence-corrected chi connectivity index (χ3v) is 6.27. The van der Waals surface area contributed by atoms with Crippen LogP contribution < -0.4 is 20.7 Å². The molecule has 0 bridgehead atoms. The Morgan fingerprint density at radius 2 is 1.97 bits per heavy atom. The van der Waals surface area contributed by atoms with Gasteiger partial charge in [-0.1, -0.05) is 18.2 Å². The predicted molar refractivity (Wildman–Crippen MR) is 117 cm³/mol. The van der Waals surface area contributed by atoms with Gasteiger partial charge in [0.05, 0.1) is 31.4 Å². The average Bonchev–Trinajstić information content (AvgIpc) is 3.44. The van der Waals surface area contributed by atoms with E-state index < -0.39 is 18.0 Å². The van der Waals surface area contributed by atoms with E-state index in [9.17, 15) is 18.4 Å². The molecule has 3 N–H and O–H groups in total. The van der Waals surface area contributed by atoms with Crippen molar-refractivity contribution in [2.24, 2.45) is 5.73 Å². The lowest BCUT2D eigenvalue weighted by molar-refractivity contribution is -0.119. The normalized spacial score (nSPS) is 21.3. The molecule has 1 aliphatic heterocycles. The number of ether oxygens (including phenoxy) is 1. The molecule has 1 amide bonds. The van der Waals surface area contributed by atoms with Gasteiger partial charge in [0.2, 0.25) is 5.91 Å². The molecule has 0 radical (unpaired) electrons. The van der Waals surface area contributed by atoms with Gasteiger partial charge in [-0.05, 0) is 36.9 Å². The molecule has 9 heteroatoms. The van der Waals surface area contributed by atoms with E-state index in [0.717, 1.165) is 28.2 Å². The monoisotopic (exact) mass is 449 g/mol. The predicted octanol–water partition coefficient (Wildman–Crippen LogP) is 3.09. The van der Waals surface area contributed by atoms with Gasteiger partial charge in [-0.2, -0.15) is 0 Å². The summed E-state index contributed by atoms with van der Waals surface area (Å²) in [5, 5.41) is 2.48. The number of methoxy groups -OCH3 is 1. The van der Waals surface area contributed by atoms with E-state index >= 15 is 0 Å². The van der Waals surface area contributed by atoms with Gasteiger partial charge in [-0.3, -0.25) is 9.59 Å². The van der Waals surface area contributed by atoms with Gasteiger partial charge in [-0.15, -0.1) is 11.8 Å². The number of hydrogen-bond donors (Lipinski definition) is 2. The molecule has 1 heterocycles. The third-order valence-electron chi connectivity index (χ3n) is 5.09. The minimum Gasteiger partial charge on any atom is -0.497 e. The molecule has 31 heavy (non-hydrogen) atoms. The fourth-order valence-electron chi connectivity index (χ4n) is 3.11. The number of fused-ring (bicyclic) bond motifs is 1. The number of aldehydes is 1. The average molecular weight is 450 g/mol. The maximum Gasteiger partial charge on any atom is 0.265 e. The number of anilines is 1. The van der Waals surface area contributed by atoms with E-state index in [1.165, 1.54) is 11.8 Å². The number of nitrogens with zero attached hydrogens (tertiary/aromatic N) is 1. The highest BCUT2D eigenvalue weighted by molar-refractivity contribution is 7.99. The first kappa shape index (κ1) is 23.2. The molecule has 0 unspecified atom stereocenters. The van der Waals surface area contributed by atoms with Crippen molar-refractivity contribution >= 4 is 29.6 Å². The van der Waals surface area contributed by atoms with Crippen molar-refractivity contribution in [1.82, 2.24) is 5.32 Å². The molecule has 6 nitrogen and oxygen atoms in total. The smallest absolute Gasteiger partial charge is 0.265 e. The molecule has 166 valence electrons. The Morgan fingerprint density at radius 1 is 1.29 bits per heavy atom. The summed E-state index contributed by atoms with van der Waals surface area (Å²) in [4.78, 5) is 26.4. The van der Waals surface area contributed by atoms with E-state index in [1.807, 2.05) is 30.3 Å². The summed E-state index contributed by atoms with van der Waals surface area (Å²) in [6, 6.07) is 11.8. The zero-order valence-electron chi connectivity index (χ0n) is 17.3. The molecule has 0 spiro atoms. The van der Waals surface area contributed by atoms with Crippen molar-refractivity contribution in [3.8, 4) is 5.75 Å². The van der Waals surface area contributed by atoms with Crippen molar-refractivity contribution in [1.29, 1.82) is 0 Å². The highest BCUT2D eigenvalue weighted by atomic mass is 32.2. The van der Waals surface area contributed by atoms with Crippen LogP contribution in [-0.2, 0) is 11.3 Å². The minimum absolute atomic E-state index is 0.0174. The molecule has 1 saturated carbocycles. The van der Waals surface area contributed by atoms with Gasteiger partial charge in [0.1, 0.15) is 12.0 Å². The lowest BCUT2D eigenvalue weighted by Gasteiger charge is -2.24. The molecule has 1 aliphatic carbocycles. The lowest BCUT2D eigenvalue weighted by atomic mass is 10.1. The number of halogens is 2. The van der Waals surface area contributed by atoms with Crippen LogP contribution in [0.3, 0.4) is 0 Å². The van der Waals surface area contributed by atoms with Crippen LogP contribution >= 0.6 is 11.8 Å². The maximum atomic E-state index is 12.7. The quantitative estimate of drug-likeness (QED) is 0.683. The Hall–Kier alpha value is -2.49. The first-order valence-electron chi connectivity index (χ1n) is 9.76. The fraction of sp³-hybridized carbons (Fsp3) is 0.364. The number of nitrogens with two attached hydrogens (primary N) is 1. The number of alkyl halides is 2. The highest BCUT2D eigenvalue weighted by Gasteiger charge is 2.55. The fourth-order valence-corrected chi connectivity index (χ4v) is 4.10. The Morgan fingerprint density at radius 3 is 2.48 bits per heavy atom. The number of carbonyl (C=O) groups excluding carboxylic acids is 2. The van der Waals surface area contributed by atoms with Gasteiger partial charge < -0.3 is 20.7 Å². The van der Waals surface area contributed by atoms with Gasteiger partial charge in [-0.25, -0.2) is 8.78 Å². The zero-order chi connectivity index (χ0) is 22.6. The Balaban J connectivity index is 0.000000330. The molecular formula is C22H25F2N3O3S. The molecule has 2 atom stereocenters. The summed E-state index contributed by atoms with van der Waals surface area (Å²) in [6.07, 6.45) is 0.801. The summed E-state index contributed by atoms with van der Waals surface area (Å²) in [7, 11) is 3.16. The van der Waals surface area contributed by atoms with Crippen LogP contribution in [0.15, 0.2) is 47.4 Å². The first-order valence-corrected chi connectivity index (χ1v) is 10.7. The van der Waals surface area contributed by atoms with Crippen LogP contribution in [0.5, 0.6) is 5.75 Å². The van der Waals surface area contributed by atoms with E-state index in [-0.39, 0.29) is 12.3 Å².